The van der Waals surface area contributed by atoms with Gasteiger partial charge in [-0.15, -0.1) is 10.2 Å². The van der Waals surface area contributed by atoms with Crippen molar-refractivity contribution in [2.24, 2.45) is 0 Å². The second-order valence-corrected chi connectivity index (χ2v) is 10.1. The normalized spacial score (nSPS) is 9.51. The quantitative estimate of drug-likeness (QED) is 0.213. The first kappa shape index (κ1) is 36.5. The zero-order valence-electron chi connectivity index (χ0n) is 27.7. The molecule has 0 spiro atoms. The minimum Gasteiger partial charge on any atom is -0.479 e. The monoisotopic (exact) mass is 684 g/mol. The van der Waals surface area contributed by atoms with E-state index in [1.807, 2.05) is 43.3 Å². The Balaban J connectivity index is 0.000000191. The molecule has 0 aliphatic carbocycles. The maximum atomic E-state index is 13.7. The van der Waals surface area contributed by atoms with Gasteiger partial charge in [-0.3, -0.25) is 5.10 Å². The van der Waals surface area contributed by atoms with Crippen LogP contribution in [0.5, 0.6) is 11.8 Å². The van der Waals surface area contributed by atoms with Gasteiger partial charge >= 0.3 is 0 Å². The molecule has 252 valence electrons. The first-order chi connectivity index (χ1) is 24.6. The van der Waals surface area contributed by atoms with E-state index >= 15 is 0 Å². The van der Waals surface area contributed by atoms with Crippen molar-refractivity contribution in [3.8, 4) is 53.3 Å². The summed E-state index contributed by atoms with van der Waals surface area (Å²) >= 11 is 0. The molecule has 0 amide bonds. The molecule has 0 radical (unpaired) electrons. The maximum Gasteiger partial charge on any atom is 0.249 e. The number of nitrogens with one attached hydrogen (secondary N) is 1. The van der Waals surface area contributed by atoms with Crippen molar-refractivity contribution in [3.05, 3.63) is 148 Å². The largest absolute Gasteiger partial charge is 0.479 e. The third-order valence-electron chi connectivity index (χ3n) is 6.59. The molecule has 1 N–H and O–H groups in total. The molecule has 0 saturated heterocycles. The molecule has 6 aromatic rings. The van der Waals surface area contributed by atoms with Gasteiger partial charge in [0.15, 0.2) is 0 Å². The van der Waals surface area contributed by atoms with Crippen molar-refractivity contribution >= 4 is 0 Å². The second-order valence-electron chi connectivity index (χ2n) is 10.1. The molecule has 13 heteroatoms. The summed E-state index contributed by atoms with van der Waals surface area (Å²) in [6, 6.07) is 21.3. The number of aromatic nitrogens is 6. The number of benzene rings is 2. The van der Waals surface area contributed by atoms with Crippen LogP contribution in [0.4, 0.5) is 13.2 Å². The highest BCUT2D eigenvalue weighted by molar-refractivity contribution is 5.52. The van der Waals surface area contributed by atoms with Crippen LogP contribution in [-0.2, 0) is 0 Å². The highest BCUT2D eigenvalue weighted by atomic mass is 19.1. The van der Waals surface area contributed by atoms with Crippen molar-refractivity contribution in [2.75, 3.05) is 14.2 Å². The fourth-order valence-corrected chi connectivity index (χ4v) is 4.22. The third kappa shape index (κ3) is 10.1. The van der Waals surface area contributed by atoms with E-state index < -0.39 is 17.5 Å². The van der Waals surface area contributed by atoms with Gasteiger partial charge in [0.25, 0.3) is 0 Å². The lowest BCUT2D eigenvalue weighted by Crippen LogP contribution is -2.00. The number of aryl methyl sites for hydroxylation is 1. The molecule has 0 saturated carbocycles. The van der Waals surface area contributed by atoms with Crippen LogP contribution in [0.25, 0.3) is 5.69 Å². The number of aromatic amines is 1. The zero-order valence-corrected chi connectivity index (χ0v) is 27.7. The molecule has 6 rings (SSSR count). The molecule has 51 heavy (non-hydrogen) atoms. The summed E-state index contributed by atoms with van der Waals surface area (Å²) < 4.78 is 50.1. The van der Waals surface area contributed by atoms with Crippen LogP contribution in [0.3, 0.4) is 0 Å². The summed E-state index contributed by atoms with van der Waals surface area (Å²) in [4.78, 5) is 8.27. The van der Waals surface area contributed by atoms with Crippen LogP contribution in [0.15, 0.2) is 85.2 Å². The number of nitriles is 2. The zero-order chi connectivity index (χ0) is 36.8. The molecule has 0 fully saturated rings. The highest BCUT2D eigenvalue weighted by Crippen LogP contribution is 2.24. The molecular weight excluding hydrogens is 657 g/mol. The fraction of sp³-hybridized carbons (Fsp3) is 0.105. The first-order valence-electron chi connectivity index (χ1n) is 14.8. The van der Waals surface area contributed by atoms with Gasteiger partial charge in [0.1, 0.15) is 40.0 Å². The van der Waals surface area contributed by atoms with Gasteiger partial charge in [-0.1, -0.05) is 24.0 Å². The molecule has 0 unspecified atom stereocenters. The Morgan fingerprint density at radius 3 is 1.71 bits per heavy atom. The Labute approximate surface area is 291 Å². The number of rotatable bonds is 3. The van der Waals surface area contributed by atoms with Crippen molar-refractivity contribution in [1.82, 2.24) is 29.9 Å². The molecule has 0 aliphatic rings. The molecule has 0 bridgehead atoms. The molecule has 0 atom stereocenters. The summed E-state index contributed by atoms with van der Waals surface area (Å²) in [5.41, 5.74) is 4.90. The van der Waals surface area contributed by atoms with E-state index in [0.717, 1.165) is 35.2 Å². The minimum atomic E-state index is -0.725. The molecule has 10 nitrogen and oxygen atoms in total. The van der Waals surface area contributed by atoms with Crippen molar-refractivity contribution in [2.45, 2.75) is 13.8 Å². The average molecular weight is 685 g/mol. The first-order valence-corrected chi connectivity index (χ1v) is 14.8. The number of ether oxygens (including phenoxy) is 2. The van der Waals surface area contributed by atoms with E-state index in [-0.39, 0.29) is 11.1 Å². The van der Waals surface area contributed by atoms with Crippen molar-refractivity contribution in [1.29, 1.82) is 10.5 Å². The lowest BCUT2D eigenvalue weighted by molar-refractivity contribution is 0.393. The van der Waals surface area contributed by atoms with E-state index in [2.05, 4.69) is 48.9 Å². The minimum absolute atomic E-state index is 0.00231. The van der Waals surface area contributed by atoms with Gasteiger partial charge in [-0.2, -0.15) is 10.5 Å². The average Bonchev–Trinajstić information content (AvgIpc) is 3.67. The highest BCUT2D eigenvalue weighted by Gasteiger charge is 2.16. The number of hydrogen-bond acceptors (Lipinski definition) is 8. The molecular formula is C38H27F3N8O2. The molecule has 4 heterocycles. The summed E-state index contributed by atoms with van der Waals surface area (Å²) in [5, 5.41) is 28.3. The standard InChI is InChI=1S/C19H13FN4O.C12H11N3O.C7H3F2N/c1-13-18(7-6-16-5-3-4-8-22-16)19(25-2)23-24(13)17-10-14(12-21)9-15(20)11-17;1-9-11(12(16-2)15-14-9)7-6-10-5-3-4-8-13-10;8-6-1-5(4-10)2-7(9)3-6/h3-5,8-11H,1-2H3;3-5,8H,1-2H3,(H,14,15);1-3H. The van der Waals surface area contributed by atoms with Crippen LogP contribution in [0.1, 0.15) is 45.0 Å². The van der Waals surface area contributed by atoms with Crippen LogP contribution >= 0.6 is 0 Å². The van der Waals surface area contributed by atoms with E-state index in [1.54, 1.807) is 44.6 Å². The van der Waals surface area contributed by atoms with E-state index in [0.29, 0.717) is 34.4 Å². The topological polar surface area (TPSA) is 138 Å². The Morgan fingerprint density at radius 1 is 0.667 bits per heavy atom. The Morgan fingerprint density at radius 2 is 1.20 bits per heavy atom. The molecule has 0 aliphatic heterocycles. The SMILES string of the molecule is COc1n[nH]c(C)c1C#Cc1ccccn1.COc1nn(-c2cc(F)cc(C#N)c2)c(C)c1C#Cc1ccccn1.N#Cc1cc(F)cc(F)c1. The number of H-pyrrole nitrogens is 1. The van der Waals surface area contributed by atoms with Crippen LogP contribution in [-0.4, -0.2) is 44.2 Å². The molecule has 2 aromatic carbocycles. The third-order valence-corrected chi connectivity index (χ3v) is 6.59. The van der Waals surface area contributed by atoms with E-state index in [9.17, 15) is 13.2 Å². The summed E-state index contributed by atoms with van der Waals surface area (Å²) in [6.07, 6.45) is 3.37. The lowest BCUT2D eigenvalue weighted by atomic mass is 10.2. The number of methoxy groups -OCH3 is 2. The second kappa shape index (κ2) is 17.7. The number of halogens is 3. The Kier molecular flexibility index (Phi) is 12.7. The number of hydrogen-bond donors (Lipinski definition) is 1. The van der Waals surface area contributed by atoms with Gasteiger partial charge in [0, 0.05) is 18.5 Å². The van der Waals surface area contributed by atoms with E-state index in [1.165, 1.54) is 23.9 Å². The smallest absolute Gasteiger partial charge is 0.249 e. The van der Waals surface area contributed by atoms with Gasteiger partial charge in [-0.25, -0.2) is 27.8 Å². The van der Waals surface area contributed by atoms with E-state index in [4.69, 9.17) is 20.0 Å². The van der Waals surface area contributed by atoms with Crippen molar-refractivity contribution in [3.63, 3.8) is 0 Å². The van der Waals surface area contributed by atoms with Gasteiger partial charge < -0.3 is 9.47 Å². The van der Waals surface area contributed by atoms with Crippen molar-refractivity contribution < 1.29 is 22.6 Å². The van der Waals surface area contributed by atoms with Crippen LogP contribution < -0.4 is 9.47 Å². The number of pyridine rings is 2. The Hall–Kier alpha value is -7.35. The van der Waals surface area contributed by atoms with Gasteiger partial charge in [-0.05, 0) is 80.3 Å². The van der Waals surface area contributed by atoms with Gasteiger partial charge in [0.05, 0.1) is 54.6 Å². The Bertz CT molecular complexity index is 2320. The molecule has 4 aromatic heterocycles. The summed E-state index contributed by atoms with van der Waals surface area (Å²) in [6.45, 7) is 3.70. The number of nitrogens with zero attached hydrogens (tertiary/aromatic N) is 7. The fourth-order valence-electron chi connectivity index (χ4n) is 4.22. The van der Waals surface area contributed by atoms with Crippen LogP contribution in [0, 0.1) is 77.6 Å². The summed E-state index contributed by atoms with van der Waals surface area (Å²) in [7, 11) is 3.06. The predicted molar refractivity (Wildman–Crippen MR) is 181 cm³/mol. The predicted octanol–water partition coefficient (Wildman–Crippen LogP) is 6.35. The van der Waals surface area contributed by atoms with Gasteiger partial charge in [0.2, 0.25) is 11.8 Å². The summed E-state index contributed by atoms with van der Waals surface area (Å²) in [5.74, 6) is 10.8. The lowest BCUT2D eigenvalue weighted by Gasteiger charge is -2.04. The van der Waals surface area contributed by atoms with Crippen LogP contribution in [0.2, 0.25) is 0 Å². The maximum absolute atomic E-state index is 13.7.